The van der Waals surface area contributed by atoms with Crippen LogP contribution in [0.15, 0.2) is 71.6 Å². The molecule has 0 saturated heterocycles. The second kappa shape index (κ2) is 13.8. The van der Waals surface area contributed by atoms with E-state index in [1.165, 1.54) is 17.0 Å². The zero-order chi connectivity index (χ0) is 31.2. The van der Waals surface area contributed by atoms with Gasteiger partial charge in [0.15, 0.2) is 0 Å². The number of benzene rings is 3. The third-order valence-corrected chi connectivity index (χ3v) is 8.85. The third kappa shape index (κ3) is 8.63. The van der Waals surface area contributed by atoms with E-state index in [2.05, 4.69) is 5.32 Å². The minimum atomic E-state index is -4.20. The van der Waals surface area contributed by atoms with Crippen molar-refractivity contribution in [3.8, 4) is 5.75 Å². The van der Waals surface area contributed by atoms with Crippen LogP contribution in [0, 0.1) is 6.92 Å². The molecule has 0 aliphatic carbocycles. The normalized spacial score (nSPS) is 12.4. The predicted molar refractivity (Wildman–Crippen MR) is 168 cm³/mol. The first-order chi connectivity index (χ1) is 19.6. The lowest BCUT2D eigenvalue weighted by Crippen LogP contribution is -2.54. The van der Waals surface area contributed by atoms with Crippen LogP contribution in [0.3, 0.4) is 0 Å². The van der Waals surface area contributed by atoms with Gasteiger partial charge in [-0.05, 0) is 95.6 Å². The minimum absolute atomic E-state index is 0.000704. The van der Waals surface area contributed by atoms with Crippen LogP contribution in [0.25, 0.3) is 0 Å². The zero-order valence-electron chi connectivity index (χ0n) is 24.6. The Morgan fingerprint density at radius 1 is 0.952 bits per heavy atom. The van der Waals surface area contributed by atoms with Crippen LogP contribution < -0.4 is 14.4 Å². The molecular formula is C31H37Cl2N3O5S. The van der Waals surface area contributed by atoms with Gasteiger partial charge in [0.05, 0.1) is 27.2 Å². The first-order valence-corrected chi connectivity index (χ1v) is 15.7. The molecule has 0 aliphatic heterocycles. The number of hydrogen-bond acceptors (Lipinski definition) is 5. The molecule has 0 radical (unpaired) electrons. The number of carbonyl (C=O) groups is 2. The molecule has 3 aromatic rings. The molecule has 0 spiro atoms. The van der Waals surface area contributed by atoms with E-state index in [0.29, 0.717) is 33.7 Å². The van der Waals surface area contributed by atoms with Crippen LogP contribution in [0.1, 0.15) is 45.7 Å². The van der Waals surface area contributed by atoms with E-state index in [-0.39, 0.29) is 17.3 Å². The van der Waals surface area contributed by atoms with Gasteiger partial charge in [0.25, 0.3) is 10.0 Å². The van der Waals surface area contributed by atoms with Gasteiger partial charge >= 0.3 is 0 Å². The van der Waals surface area contributed by atoms with E-state index in [0.717, 1.165) is 9.87 Å². The summed E-state index contributed by atoms with van der Waals surface area (Å²) in [6.45, 7) is 10.7. The number of sulfonamides is 1. The van der Waals surface area contributed by atoms with Crippen LogP contribution in [0.5, 0.6) is 5.75 Å². The van der Waals surface area contributed by atoms with Gasteiger partial charge in [0.2, 0.25) is 11.8 Å². The summed E-state index contributed by atoms with van der Waals surface area (Å²) in [5.74, 6) is -0.430. The number of nitrogens with one attached hydrogen (secondary N) is 1. The third-order valence-electron chi connectivity index (χ3n) is 6.33. The van der Waals surface area contributed by atoms with Gasteiger partial charge in [-0.15, -0.1) is 0 Å². The first-order valence-electron chi connectivity index (χ1n) is 13.5. The second-order valence-corrected chi connectivity index (χ2v) is 13.6. The smallest absolute Gasteiger partial charge is 0.264 e. The summed E-state index contributed by atoms with van der Waals surface area (Å²) >= 11 is 12.3. The van der Waals surface area contributed by atoms with E-state index in [1.54, 1.807) is 61.5 Å². The Bertz CT molecular complexity index is 1510. The van der Waals surface area contributed by atoms with Crippen molar-refractivity contribution in [2.24, 2.45) is 0 Å². The first kappa shape index (κ1) is 33.2. The Kier molecular flexibility index (Phi) is 10.9. The lowest BCUT2D eigenvalue weighted by atomic mass is 10.1. The Balaban J connectivity index is 2.04. The maximum Gasteiger partial charge on any atom is 0.264 e. The highest BCUT2D eigenvalue weighted by atomic mass is 35.5. The van der Waals surface area contributed by atoms with Crippen molar-refractivity contribution in [1.82, 2.24) is 10.2 Å². The molecule has 0 saturated carbocycles. The Hall–Kier alpha value is -3.27. The van der Waals surface area contributed by atoms with Gasteiger partial charge in [-0.3, -0.25) is 13.9 Å². The number of halogens is 2. The summed E-state index contributed by atoms with van der Waals surface area (Å²) in [6, 6.07) is 16.9. The number of hydrogen-bond donors (Lipinski definition) is 1. The van der Waals surface area contributed by atoms with Gasteiger partial charge in [-0.2, -0.15) is 0 Å². The largest absolute Gasteiger partial charge is 0.494 e. The summed E-state index contributed by atoms with van der Waals surface area (Å²) < 4.78 is 34.5. The van der Waals surface area contributed by atoms with Crippen LogP contribution in [0.2, 0.25) is 10.0 Å². The lowest BCUT2D eigenvalue weighted by molar-refractivity contribution is -0.140. The fourth-order valence-corrected chi connectivity index (χ4v) is 5.87. The molecule has 11 heteroatoms. The maximum atomic E-state index is 14.0. The summed E-state index contributed by atoms with van der Waals surface area (Å²) in [5, 5.41) is 3.55. The van der Waals surface area contributed by atoms with Crippen LogP contribution in [0.4, 0.5) is 5.69 Å². The van der Waals surface area contributed by atoms with E-state index in [9.17, 15) is 18.0 Å². The average molecular weight is 635 g/mol. The molecule has 3 aromatic carbocycles. The maximum absolute atomic E-state index is 14.0. The van der Waals surface area contributed by atoms with E-state index in [1.807, 2.05) is 34.6 Å². The SMILES string of the molecule is CCOc1ccc(S(=O)(=O)N(CC(=O)N(Cc2ccc(Cl)c(Cl)c2)[C@H](C)C(=O)NC(C)(C)C)c2ccc(C)cc2)cc1. The number of anilines is 1. The molecule has 0 aliphatic rings. The summed E-state index contributed by atoms with van der Waals surface area (Å²) in [5.41, 5.74) is 1.32. The summed E-state index contributed by atoms with van der Waals surface area (Å²) in [4.78, 5) is 28.6. The highest BCUT2D eigenvalue weighted by Gasteiger charge is 2.33. The molecule has 0 aromatic heterocycles. The molecular weight excluding hydrogens is 597 g/mol. The second-order valence-electron chi connectivity index (χ2n) is 10.9. The number of aryl methyl sites for hydroxylation is 1. The van der Waals surface area contributed by atoms with Crippen molar-refractivity contribution in [3.63, 3.8) is 0 Å². The highest BCUT2D eigenvalue weighted by Crippen LogP contribution is 2.27. The van der Waals surface area contributed by atoms with E-state index >= 15 is 0 Å². The minimum Gasteiger partial charge on any atom is -0.494 e. The van der Waals surface area contributed by atoms with Gasteiger partial charge in [-0.25, -0.2) is 8.42 Å². The number of carbonyl (C=O) groups excluding carboxylic acids is 2. The van der Waals surface area contributed by atoms with Crippen LogP contribution in [-0.2, 0) is 26.2 Å². The molecule has 226 valence electrons. The number of ether oxygens (including phenoxy) is 1. The highest BCUT2D eigenvalue weighted by molar-refractivity contribution is 7.92. The lowest BCUT2D eigenvalue weighted by Gasteiger charge is -2.33. The molecule has 3 rings (SSSR count). The van der Waals surface area contributed by atoms with Crippen molar-refractivity contribution in [3.05, 3.63) is 87.9 Å². The molecule has 0 bridgehead atoms. The molecule has 0 fully saturated rings. The van der Waals surface area contributed by atoms with Gasteiger partial charge in [0.1, 0.15) is 18.3 Å². The molecule has 42 heavy (non-hydrogen) atoms. The Morgan fingerprint density at radius 2 is 1.57 bits per heavy atom. The molecule has 0 heterocycles. The molecule has 0 unspecified atom stereocenters. The van der Waals surface area contributed by atoms with Gasteiger partial charge in [-0.1, -0.05) is 47.0 Å². The van der Waals surface area contributed by atoms with Crippen molar-refractivity contribution in [2.75, 3.05) is 17.5 Å². The zero-order valence-corrected chi connectivity index (χ0v) is 27.0. The fraction of sp³-hybridized carbons (Fsp3) is 0.355. The van der Waals surface area contributed by atoms with Gasteiger partial charge in [0, 0.05) is 12.1 Å². The van der Waals surface area contributed by atoms with Crippen molar-refractivity contribution < 1.29 is 22.7 Å². The monoisotopic (exact) mass is 633 g/mol. The molecule has 8 nitrogen and oxygen atoms in total. The summed E-state index contributed by atoms with van der Waals surface area (Å²) in [6.07, 6.45) is 0. The fourth-order valence-electron chi connectivity index (χ4n) is 4.13. The molecule has 2 amide bonds. The Labute approximate surface area is 258 Å². The van der Waals surface area contributed by atoms with Crippen LogP contribution in [-0.4, -0.2) is 49.9 Å². The van der Waals surface area contributed by atoms with E-state index in [4.69, 9.17) is 27.9 Å². The van der Waals surface area contributed by atoms with Crippen molar-refractivity contribution in [2.45, 2.75) is 64.6 Å². The predicted octanol–water partition coefficient (Wildman–Crippen LogP) is 6.23. The quantitative estimate of drug-likeness (QED) is 0.270. The van der Waals surface area contributed by atoms with Crippen LogP contribution >= 0.6 is 23.2 Å². The van der Waals surface area contributed by atoms with E-state index < -0.39 is 34.1 Å². The summed E-state index contributed by atoms with van der Waals surface area (Å²) in [7, 11) is -4.20. The molecule has 1 atom stereocenters. The topological polar surface area (TPSA) is 96.0 Å². The number of rotatable bonds is 11. The number of amides is 2. The Morgan fingerprint density at radius 3 is 2.12 bits per heavy atom. The number of nitrogens with zero attached hydrogens (tertiary/aromatic N) is 2. The van der Waals surface area contributed by atoms with Crippen molar-refractivity contribution in [1.29, 1.82) is 0 Å². The van der Waals surface area contributed by atoms with Crippen molar-refractivity contribution >= 4 is 50.7 Å². The molecule has 1 N–H and O–H groups in total. The van der Waals surface area contributed by atoms with Gasteiger partial charge < -0.3 is 15.0 Å². The standard InChI is InChI=1S/C31H37Cl2N3O5S/c1-7-41-25-13-15-26(16-14-25)42(39,40)36(24-11-8-21(2)9-12-24)20-29(37)35(22(3)30(38)34-31(4,5)6)19-23-10-17-27(32)28(33)18-23/h8-18,22H,7,19-20H2,1-6H3,(H,34,38)/t22-/m1/s1. The average Bonchev–Trinajstić information content (AvgIpc) is 2.92.